The van der Waals surface area contributed by atoms with Gasteiger partial charge in [0.2, 0.25) is 0 Å². The maximum absolute atomic E-state index is 6.43. The van der Waals surface area contributed by atoms with Crippen molar-refractivity contribution in [3.8, 4) is 0 Å². The van der Waals surface area contributed by atoms with Crippen molar-refractivity contribution in [1.82, 2.24) is 0 Å². The van der Waals surface area contributed by atoms with Crippen molar-refractivity contribution in [2.24, 2.45) is 4.99 Å². The van der Waals surface area contributed by atoms with Crippen LogP contribution >= 0.6 is 46.6 Å². The number of hydrogen-bond acceptors (Lipinski definition) is 3. The highest BCUT2D eigenvalue weighted by Crippen LogP contribution is 2.45. The van der Waals surface area contributed by atoms with Crippen LogP contribution in [0.2, 0.25) is 15.1 Å². The fraction of sp³-hybridized carbons (Fsp3) is 0.316. The van der Waals surface area contributed by atoms with Crippen LogP contribution in [0.5, 0.6) is 0 Å². The van der Waals surface area contributed by atoms with Crippen LogP contribution in [-0.4, -0.2) is 22.9 Å². The number of benzene rings is 2. The minimum atomic E-state index is -0.231. The van der Waals surface area contributed by atoms with Crippen LogP contribution in [0.3, 0.4) is 0 Å². The van der Waals surface area contributed by atoms with Gasteiger partial charge in [0, 0.05) is 5.02 Å². The fourth-order valence-corrected chi connectivity index (χ4v) is 5.22. The largest absolute Gasteiger partial charge is 0.370 e. The molecule has 2 aromatic rings. The van der Waals surface area contributed by atoms with Crippen molar-refractivity contribution in [2.45, 2.75) is 24.9 Å². The van der Waals surface area contributed by atoms with Gasteiger partial charge in [-0.3, -0.25) is 4.99 Å². The van der Waals surface area contributed by atoms with Gasteiger partial charge in [0.15, 0.2) is 0 Å². The van der Waals surface area contributed by atoms with Crippen molar-refractivity contribution in [3.63, 3.8) is 0 Å². The number of hydrogen-bond donors (Lipinski definition) is 2. The minimum Gasteiger partial charge on any atom is -0.370 e. The number of nitrogens with zero attached hydrogens (tertiary/aromatic N) is 1. The van der Waals surface area contributed by atoms with E-state index in [9.17, 15) is 0 Å². The van der Waals surface area contributed by atoms with E-state index in [1.54, 1.807) is 6.07 Å². The van der Waals surface area contributed by atoms with Crippen molar-refractivity contribution < 1.29 is 0 Å². The van der Waals surface area contributed by atoms with E-state index >= 15 is 0 Å². The van der Waals surface area contributed by atoms with E-state index in [4.69, 9.17) is 39.8 Å². The molecule has 4 rings (SSSR count). The van der Waals surface area contributed by atoms with E-state index in [-0.39, 0.29) is 5.54 Å². The molecular weight excluding hydrogens is 409 g/mol. The van der Waals surface area contributed by atoms with Gasteiger partial charge < -0.3 is 10.6 Å². The molecule has 1 fully saturated rings. The molecule has 2 aliphatic heterocycles. The number of anilines is 2. The number of rotatable bonds is 2. The van der Waals surface area contributed by atoms with Crippen molar-refractivity contribution in [3.05, 3.63) is 57.0 Å². The summed E-state index contributed by atoms with van der Waals surface area (Å²) in [6.07, 6.45) is 1.97. The first-order valence-electron chi connectivity index (χ1n) is 8.48. The van der Waals surface area contributed by atoms with E-state index in [2.05, 4.69) is 10.6 Å². The molecule has 3 nitrogen and oxygen atoms in total. The quantitative estimate of drug-likeness (QED) is 0.587. The van der Waals surface area contributed by atoms with Crippen LogP contribution < -0.4 is 10.6 Å². The van der Waals surface area contributed by atoms with Crippen LogP contribution in [0, 0.1) is 0 Å². The highest BCUT2D eigenvalue weighted by atomic mass is 35.5. The Kier molecular flexibility index (Phi) is 5.29. The molecule has 0 atom stereocenters. The lowest BCUT2D eigenvalue weighted by Gasteiger charge is -2.44. The number of aliphatic imine (C=N–C) groups is 1. The second kappa shape index (κ2) is 7.51. The molecule has 0 amide bonds. The van der Waals surface area contributed by atoms with Crippen LogP contribution in [0.25, 0.3) is 0 Å². The summed E-state index contributed by atoms with van der Waals surface area (Å²) >= 11 is 20.9. The van der Waals surface area contributed by atoms with E-state index in [0.717, 1.165) is 52.1 Å². The molecule has 0 saturated carbocycles. The van der Waals surface area contributed by atoms with E-state index in [1.807, 2.05) is 42.1 Å². The molecule has 0 unspecified atom stereocenters. The fourth-order valence-electron chi connectivity index (χ4n) is 3.41. The molecule has 0 aromatic heterocycles. The lowest BCUT2D eigenvalue weighted by Crippen LogP contribution is -2.54. The van der Waals surface area contributed by atoms with Gasteiger partial charge >= 0.3 is 0 Å². The van der Waals surface area contributed by atoms with Crippen molar-refractivity contribution in [2.75, 3.05) is 22.1 Å². The number of amidine groups is 1. The van der Waals surface area contributed by atoms with Gasteiger partial charge in [-0.15, -0.1) is 0 Å². The second-order valence-corrected chi connectivity index (χ2v) is 8.99. The predicted molar refractivity (Wildman–Crippen MR) is 116 cm³/mol. The molecule has 0 radical (unpaired) electrons. The second-order valence-electron chi connectivity index (χ2n) is 6.52. The SMILES string of the molecule is Clc1cccc(CN=C2Nc3c(Cl)ccc(Cl)c3NC23CCSCC3)c1. The molecule has 2 N–H and O–H groups in total. The zero-order valence-corrected chi connectivity index (χ0v) is 17.1. The first kappa shape index (κ1) is 18.3. The van der Waals surface area contributed by atoms with Gasteiger partial charge in [-0.05, 0) is 54.2 Å². The lowest BCUT2D eigenvalue weighted by molar-refractivity contribution is 0.560. The van der Waals surface area contributed by atoms with Crippen molar-refractivity contribution in [1.29, 1.82) is 0 Å². The number of halogens is 3. The molecule has 0 bridgehead atoms. The first-order chi connectivity index (χ1) is 12.6. The lowest BCUT2D eigenvalue weighted by atomic mass is 9.87. The van der Waals surface area contributed by atoms with E-state index in [1.165, 1.54) is 0 Å². The third-order valence-corrected chi connectivity index (χ3v) is 6.67. The summed E-state index contributed by atoms with van der Waals surface area (Å²) in [4.78, 5) is 4.91. The van der Waals surface area contributed by atoms with Gasteiger partial charge in [-0.1, -0.05) is 46.9 Å². The Morgan fingerprint density at radius 2 is 1.73 bits per heavy atom. The summed E-state index contributed by atoms with van der Waals surface area (Å²) in [6, 6.07) is 11.4. The standard InChI is InChI=1S/C19H18Cl3N3S/c20-13-3-1-2-12(10-13)11-23-18-19(6-8-26-9-7-19)25-17-15(22)5-4-14(21)16(17)24-18/h1-5,10,25H,6-9,11H2,(H,23,24). The molecule has 1 saturated heterocycles. The van der Waals surface area contributed by atoms with Gasteiger partial charge in [0.05, 0.1) is 33.5 Å². The average molecular weight is 427 g/mol. The molecular formula is C19H18Cl3N3S. The summed E-state index contributed by atoms with van der Waals surface area (Å²) in [5.41, 5.74) is 2.52. The van der Waals surface area contributed by atoms with Crippen LogP contribution in [0.1, 0.15) is 18.4 Å². The minimum absolute atomic E-state index is 0.231. The molecule has 2 heterocycles. The monoisotopic (exact) mass is 425 g/mol. The molecule has 0 aliphatic carbocycles. The Balaban J connectivity index is 1.72. The molecule has 2 aromatic carbocycles. The molecule has 2 aliphatic rings. The van der Waals surface area contributed by atoms with Gasteiger partial charge in [-0.25, -0.2) is 0 Å². The zero-order chi connectivity index (χ0) is 18.1. The number of thioether (sulfide) groups is 1. The highest BCUT2D eigenvalue weighted by Gasteiger charge is 2.42. The smallest absolute Gasteiger partial charge is 0.127 e. The number of fused-ring (bicyclic) bond motifs is 1. The summed E-state index contributed by atoms with van der Waals surface area (Å²) in [5, 5.41) is 9.18. The van der Waals surface area contributed by atoms with E-state index in [0.29, 0.717) is 16.6 Å². The van der Waals surface area contributed by atoms with E-state index < -0.39 is 0 Å². The molecule has 1 spiro atoms. The van der Waals surface area contributed by atoms with Gasteiger partial charge in [0.25, 0.3) is 0 Å². The predicted octanol–water partition coefficient (Wildman–Crippen LogP) is 6.35. The average Bonchev–Trinajstić information content (AvgIpc) is 2.64. The Morgan fingerprint density at radius 1 is 1.00 bits per heavy atom. The van der Waals surface area contributed by atoms with Gasteiger partial charge in [0.1, 0.15) is 5.84 Å². The maximum Gasteiger partial charge on any atom is 0.127 e. The summed E-state index contributed by atoms with van der Waals surface area (Å²) < 4.78 is 0. The van der Waals surface area contributed by atoms with Gasteiger partial charge in [-0.2, -0.15) is 11.8 Å². The summed E-state index contributed by atoms with van der Waals surface area (Å²) in [5.74, 6) is 3.09. The maximum atomic E-state index is 6.43. The molecule has 7 heteroatoms. The molecule has 26 heavy (non-hydrogen) atoms. The normalized spacial score (nSPS) is 19.7. The summed E-state index contributed by atoms with van der Waals surface area (Å²) in [6.45, 7) is 0.562. The third kappa shape index (κ3) is 3.53. The Hall–Kier alpha value is -1.07. The first-order valence-corrected chi connectivity index (χ1v) is 10.8. The van der Waals surface area contributed by atoms with Crippen molar-refractivity contribution >= 4 is 63.8 Å². The number of nitrogens with one attached hydrogen (secondary N) is 2. The topological polar surface area (TPSA) is 36.4 Å². The van der Waals surface area contributed by atoms with Crippen LogP contribution in [0.4, 0.5) is 11.4 Å². The zero-order valence-electron chi connectivity index (χ0n) is 14.0. The Labute approximate surface area is 172 Å². The van der Waals surface area contributed by atoms with Crippen LogP contribution in [0.15, 0.2) is 41.4 Å². The summed E-state index contributed by atoms with van der Waals surface area (Å²) in [7, 11) is 0. The molecule has 136 valence electrons. The highest BCUT2D eigenvalue weighted by molar-refractivity contribution is 7.99. The third-order valence-electron chi connectivity index (χ3n) is 4.82. The van der Waals surface area contributed by atoms with Crippen LogP contribution in [-0.2, 0) is 6.54 Å². The Bertz CT molecular complexity index is 863. The Morgan fingerprint density at radius 3 is 2.46 bits per heavy atom.